The zero-order chi connectivity index (χ0) is 13.8. The van der Waals surface area contributed by atoms with Gasteiger partial charge in [0.05, 0.1) is 10.5 Å². The van der Waals surface area contributed by atoms with Gasteiger partial charge in [-0.2, -0.15) is 11.8 Å². The molecule has 0 aliphatic rings. The number of hydrogen-bond acceptors (Lipinski definition) is 4. The second-order valence-corrected chi connectivity index (χ2v) is 7.76. The fourth-order valence-corrected chi connectivity index (χ4v) is 3.46. The molecular weight excluding hydrogens is 338 g/mol. The maximum atomic E-state index is 12.0. The second-order valence-electron chi connectivity index (χ2n) is 4.21. The van der Waals surface area contributed by atoms with E-state index in [0.29, 0.717) is 5.75 Å². The van der Waals surface area contributed by atoms with E-state index in [9.17, 15) is 13.5 Å². The fourth-order valence-electron chi connectivity index (χ4n) is 1.31. The summed E-state index contributed by atoms with van der Waals surface area (Å²) in [5.41, 5.74) is -1.05. The second kappa shape index (κ2) is 6.38. The Hall–Kier alpha value is -0.0800. The van der Waals surface area contributed by atoms with Gasteiger partial charge in [-0.1, -0.05) is 15.9 Å². The quantitative estimate of drug-likeness (QED) is 0.818. The largest absolute Gasteiger partial charge is 0.388 e. The zero-order valence-electron chi connectivity index (χ0n) is 10.2. The van der Waals surface area contributed by atoms with Crippen LogP contribution in [0.5, 0.6) is 0 Å². The summed E-state index contributed by atoms with van der Waals surface area (Å²) in [6.45, 7) is 1.60. The molecule has 1 aromatic rings. The minimum atomic E-state index is -3.57. The first-order valence-electron chi connectivity index (χ1n) is 5.23. The Labute approximate surface area is 120 Å². The van der Waals surface area contributed by atoms with Gasteiger partial charge in [0, 0.05) is 16.8 Å². The highest BCUT2D eigenvalue weighted by Crippen LogP contribution is 2.15. The third-order valence-corrected chi connectivity index (χ3v) is 5.08. The SMILES string of the molecule is CSCC(C)(O)CNS(=O)(=O)c1ccc(Br)cc1. The summed E-state index contributed by atoms with van der Waals surface area (Å²) < 4.78 is 27.1. The van der Waals surface area contributed by atoms with E-state index >= 15 is 0 Å². The summed E-state index contributed by atoms with van der Waals surface area (Å²) in [5.74, 6) is 0.468. The fraction of sp³-hybridized carbons (Fsp3) is 0.455. The van der Waals surface area contributed by atoms with Crippen molar-refractivity contribution >= 4 is 37.7 Å². The Bertz CT molecular complexity index is 486. The Morgan fingerprint density at radius 3 is 2.44 bits per heavy atom. The highest BCUT2D eigenvalue weighted by atomic mass is 79.9. The van der Waals surface area contributed by atoms with E-state index in [1.54, 1.807) is 19.1 Å². The molecule has 1 unspecified atom stereocenters. The van der Waals surface area contributed by atoms with E-state index in [0.717, 1.165) is 4.47 Å². The zero-order valence-corrected chi connectivity index (χ0v) is 13.4. The molecule has 0 bridgehead atoms. The predicted octanol–water partition coefficient (Wildman–Crippen LogP) is 1.84. The van der Waals surface area contributed by atoms with Gasteiger partial charge in [0.25, 0.3) is 0 Å². The summed E-state index contributed by atoms with van der Waals surface area (Å²) >= 11 is 4.71. The van der Waals surface area contributed by atoms with Gasteiger partial charge in [-0.3, -0.25) is 0 Å². The highest BCUT2D eigenvalue weighted by Gasteiger charge is 2.23. The van der Waals surface area contributed by atoms with Crippen molar-refractivity contribution in [3.8, 4) is 0 Å². The van der Waals surface area contributed by atoms with Crippen LogP contribution in [0.1, 0.15) is 6.92 Å². The number of nitrogens with one attached hydrogen (secondary N) is 1. The van der Waals surface area contributed by atoms with E-state index in [1.807, 2.05) is 6.26 Å². The molecule has 0 radical (unpaired) electrons. The van der Waals surface area contributed by atoms with Crippen LogP contribution >= 0.6 is 27.7 Å². The molecule has 0 saturated carbocycles. The van der Waals surface area contributed by atoms with Crippen LogP contribution in [-0.2, 0) is 10.0 Å². The summed E-state index contributed by atoms with van der Waals surface area (Å²) in [7, 11) is -3.57. The van der Waals surface area contributed by atoms with Crippen LogP contribution in [0, 0.1) is 0 Å². The number of thioether (sulfide) groups is 1. The van der Waals surface area contributed by atoms with Crippen molar-refractivity contribution in [2.45, 2.75) is 17.4 Å². The maximum Gasteiger partial charge on any atom is 0.240 e. The van der Waals surface area contributed by atoms with Crippen molar-refractivity contribution in [2.75, 3.05) is 18.6 Å². The summed E-state index contributed by atoms with van der Waals surface area (Å²) in [5, 5.41) is 9.91. The molecule has 1 atom stereocenters. The van der Waals surface area contributed by atoms with Crippen molar-refractivity contribution in [1.82, 2.24) is 4.72 Å². The molecule has 0 heterocycles. The first-order valence-corrected chi connectivity index (χ1v) is 8.90. The molecule has 0 aromatic heterocycles. The summed E-state index contributed by atoms with van der Waals surface area (Å²) in [4.78, 5) is 0.186. The average molecular weight is 354 g/mol. The number of benzene rings is 1. The first-order chi connectivity index (χ1) is 8.27. The first kappa shape index (κ1) is 16.0. The van der Waals surface area contributed by atoms with E-state index in [4.69, 9.17) is 0 Å². The van der Waals surface area contributed by atoms with Crippen LogP contribution in [0.2, 0.25) is 0 Å². The van der Waals surface area contributed by atoms with Gasteiger partial charge in [-0.15, -0.1) is 0 Å². The normalized spacial score (nSPS) is 15.3. The van der Waals surface area contributed by atoms with Crippen LogP contribution in [0.4, 0.5) is 0 Å². The van der Waals surface area contributed by atoms with Gasteiger partial charge in [0.1, 0.15) is 0 Å². The average Bonchev–Trinajstić information content (AvgIpc) is 2.27. The summed E-state index contributed by atoms with van der Waals surface area (Å²) in [6, 6.07) is 6.34. The molecule has 4 nitrogen and oxygen atoms in total. The monoisotopic (exact) mass is 353 g/mol. The van der Waals surface area contributed by atoms with Gasteiger partial charge < -0.3 is 5.11 Å². The molecule has 18 heavy (non-hydrogen) atoms. The standard InChI is InChI=1S/C11H16BrNO3S2/c1-11(14,8-17-2)7-13-18(15,16)10-5-3-9(12)4-6-10/h3-6,13-14H,7-8H2,1-2H3. The van der Waals surface area contributed by atoms with Gasteiger partial charge in [0.15, 0.2) is 0 Å². The van der Waals surface area contributed by atoms with Gasteiger partial charge in [-0.05, 0) is 37.4 Å². The van der Waals surface area contributed by atoms with Crippen LogP contribution in [-0.4, -0.2) is 37.7 Å². The van der Waals surface area contributed by atoms with Crippen LogP contribution in [0.15, 0.2) is 33.6 Å². The minimum Gasteiger partial charge on any atom is -0.388 e. The van der Waals surface area contributed by atoms with Crippen molar-refractivity contribution in [3.63, 3.8) is 0 Å². The molecule has 2 N–H and O–H groups in total. The number of rotatable bonds is 6. The molecule has 7 heteroatoms. The lowest BCUT2D eigenvalue weighted by Gasteiger charge is -2.22. The minimum absolute atomic E-state index is 0.00770. The van der Waals surface area contributed by atoms with Crippen molar-refractivity contribution in [2.24, 2.45) is 0 Å². The Kier molecular flexibility index (Phi) is 5.67. The van der Waals surface area contributed by atoms with E-state index in [-0.39, 0.29) is 11.4 Å². The lowest BCUT2D eigenvalue weighted by molar-refractivity contribution is 0.0908. The van der Waals surface area contributed by atoms with E-state index in [2.05, 4.69) is 20.7 Å². The molecule has 0 amide bonds. The van der Waals surface area contributed by atoms with Crippen molar-refractivity contribution in [3.05, 3.63) is 28.7 Å². The van der Waals surface area contributed by atoms with Crippen LogP contribution in [0.25, 0.3) is 0 Å². The third kappa shape index (κ3) is 4.89. The number of sulfonamides is 1. The Morgan fingerprint density at radius 1 is 1.39 bits per heavy atom. The van der Waals surface area contributed by atoms with E-state index in [1.165, 1.54) is 23.9 Å². The van der Waals surface area contributed by atoms with Gasteiger partial charge >= 0.3 is 0 Å². The number of hydrogen-bond donors (Lipinski definition) is 2. The Balaban J connectivity index is 2.74. The molecule has 0 aliphatic heterocycles. The smallest absolute Gasteiger partial charge is 0.240 e. The Morgan fingerprint density at radius 2 is 1.94 bits per heavy atom. The topological polar surface area (TPSA) is 66.4 Å². The van der Waals surface area contributed by atoms with Crippen molar-refractivity contribution < 1.29 is 13.5 Å². The number of aliphatic hydroxyl groups is 1. The molecule has 0 spiro atoms. The van der Waals surface area contributed by atoms with Gasteiger partial charge in [0.2, 0.25) is 10.0 Å². The van der Waals surface area contributed by atoms with Crippen LogP contribution < -0.4 is 4.72 Å². The lowest BCUT2D eigenvalue weighted by Crippen LogP contribution is -2.42. The highest BCUT2D eigenvalue weighted by molar-refractivity contribution is 9.10. The van der Waals surface area contributed by atoms with E-state index < -0.39 is 15.6 Å². The molecule has 0 aliphatic carbocycles. The molecule has 0 saturated heterocycles. The molecule has 1 rings (SSSR count). The molecule has 1 aromatic carbocycles. The van der Waals surface area contributed by atoms with Crippen LogP contribution in [0.3, 0.4) is 0 Å². The predicted molar refractivity (Wildman–Crippen MR) is 78.3 cm³/mol. The lowest BCUT2D eigenvalue weighted by atomic mass is 10.1. The molecular formula is C11H16BrNO3S2. The molecule has 0 fully saturated rings. The number of halogens is 1. The summed E-state index contributed by atoms with van der Waals surface area (Å²) in [6.07, 6.45) is 1.86. The maximum absolute atomic E-state index is 12.0. The van der Waals surface area contributed by atoms with Crippen molar-refractivity contribution in [1.29, 1.82) is 0 Å². The molecule has 102 valence electrons. The van der Waals surface area contributed by atoms with Gasteiger partial charge in [-0.25, -0.2) is 13.1 Å². The third-order valence-electron chi connectivity index (χ3n) is 2.22.